The third-order valence-electron chi connectivity index (χ3n) is 2.18. The summed E-state index contributed by atoms with van der Waals surface area (Å²) < 4.78 is 1.69. The minimum absolute atomic E-state index is 0.0955. The molecule has 0 amide bonds. The number of aliphatic carboxylic acids is 1. The Kier molecular flexibility index (Phi) is 3.43. The Morgan fingerprint density at radius 2 is 2.20 bits per heavy atom. The van der Waals surface area contributed by atoms with E-state index in [1.54, 1.807) is 4.57 Å². The van der Waals surface area contributed by atoms with Gasteiger partial charge in [0.2, 0.25) is 0 Å². The molecule has 0 aliphatic heterocycles. The number of aliphatic hydroxyl groups excluding tert-OH is 1. The average Bonchev–Trinajstić information content (AvgIpc) is 2.63. The summed E-state index contributed by atoms with van der Waals surface area (Å²) in [7, 11) is 0. The first kappa shape index (κ1) is 11.7. The zero-order valence-corrected chi connectivity index (χ0v) is 8.66. The van der Waals surface area contributed by atoms with Gasteiger partial charge >= 0.3 is 5.97 Å². The summed E-state index contributed by atoms with van der Waals surface area (Å²) in [5, 5.41) is 18.4. The smallest absolute Gasteiger partial charge is 0.323 e. The van der Waals surface area contributed by atoms with Crippen LogP contribution < -0.4 is 5.73 Å². The van der Waals surface area contributed by atoms with Gasteiger partial charge in [0.1, 0.15) is 12.1 Å². The Morgan fingerprint density at radius 1 is 1.60 bits per heavy atom. The second kappa shape index (κ2) is 4.41. The van der Waals surface area contributed by atoms with E-state index < -0.39 is 18.1 Å². The van der Waals surface area contributed by atoms with Crippen LogP contribution in [0.25, 0.3) is 0 Å². The zero-order valence-electron chi connectivity index (χ0n) is 8.66. The van der Waals surface area contributed by atoms with Crippen LogP contribution in [0.15, 0.2) is 12.5 Å². The highest BCUT2D eigenvalue weighted by atomic mass is 16.4. The Hall–Kier alpha value is -1.40. The lowest BCUT2D eigenvalue weighted by atomic mass is 10.1. The summed E-state index contributed by atoms with van der Waals surface area (Å²) in [6.07, 6.45) is 1.72. The highest BCUT2D eigenvalue weighted by Crippen LogP contribution is 2.19. The third kappa shape index (κ3) is 2.34. The predicted molar refractivity (Wildman–Crippen MR) is 53.2 cm³/mol. The molecule has 4 N–H and O–H groups in total. The summed E-state index contributed by atoms with van der Waals surface area (Å²) in [5.41, 5.74) is 5.75. The SMILES string of the molecule is CC(C)n1cncc1C(O)C(N)C(=O)O. The van der Waals surface area contributed by atoms with Crippen LogP contribution in [-0.2, 0) is 4.79 Å². The van der Waals surface area contributed by atoms with Crippen molar-refractivity contribution in [2.45, 2.75) is 32.0 Å². The maximum atomic E-state index is 10.6. The van der Waals surface area contributed by atoms with Gasteiger partial charge < -0.3 is 20.5 Å². The topological polar surface area (TPSA) is 101 Å². The number of hydrogen-bond donors (Lipinski definition) is 3. The molecule has 0 spiro atoms. The molecule has 0 aliphatic carbocycles. The maximum Gasteiger partial charge on any atom is 0.323 e. The lowest BCUT2D eigenvalue weighted by molar-refractivity contribution is -0.141. The summed E-state index contributed by atoms with van der Waals surface area (Å²) in [5.74, 6) is -1.24. The third-order valence-corrected chi connectivity index (χ3v) is 2.18. The minimum atomic E-state index is -1.33. The predicted octanol–water partition coefficient (Wildman–Crippen LogP) is -0.0907. The Labute approximate surface area is 87.3 Å². The van der Waals surface area contributed by atoms with Crippen molar-refractivity contribution in [3.63, 3.8) is 0 Å². The van der Waals surface area contributed by atoms with Gasteiger partial charge in [0.25, 0.3) is 0 Å². The van der Waals surface area contributed by atoms with Crippen LogP contribution in [-0.4, -0.2) is 31.8 Å². The zero-order chi connectivity index (χ0) is 11.6. The summed E-state index contributed by atoms with van der Waals surface area (Å²) in [6.45, 7) is 3.81. The second-order valence-electron chi connectivity index (χ2n) is 3.63. The van der Waals surface area contributed by atoms with Gasteiger partial charge in [-0.05, 0) is 13.8 Å². The molecule has 6 nitrogen and oxygen atoms in total. The molecule has 1 heterocycles. The summed E-state index contributed by atoms with van der Waals surface area (Å²) in [6, 6.07) is -1.24. The molecule has 1 rings (SSSR count). The van der Waals surface area contributed by atoms with E-state index in [4.69, 9.17) is 10.8 Å². The molecule has 6 heteroatoms. The lowest BCUT2D eigenvalue weighted by Gasteiger charge is -2.18. The Morgan fingerprint density at radius 3 is 2.67 bits per heavy atom. The van der Waals surface area contributed by atoms with Gasteiger partial charge in [-0.15, -0.1) is 0 Å². The van der Waals surface area contributed by atoms with E-state index in [9.17, 15) is 9.90 Å². The number of carboxylic acid groups (broad SMARTS) is 1. The van der Waals surface area contributed by atoms with Gasteiger partial charge in [0, 0.05) is 6.04 Å². The van der Waals surface area contributed by atoms with Gasteiger partial charge in [0.05, 0.1) is 18.2 Å². The van der Waals surface area contributed by atoms with Crippen molar-refractivity contribution in [2.75, 3.05) is 0 Å². The number of nitrogens with two attached hydrogens (primary N) is 1. The number of carboxylic acids is 1. The molecular formula is C9H15N3O3. The standard InChI is InChI=1S/C9H15N3O3/c1-5(2)12-4-11-3-6(12)8(13)7(10)9(14)15/h3-5,7-8,13H,10H2,1-2H3,(H,14,15). The largest absolute Gasteiger partial charge is 0.480 e. The van der Waals surface area contributed by atoms with E-state index >= 15 is 0 Å². The van der Waals surface area contributed by atoms with Crippen LogP contribution in [0, 0.1) is 0 Å². The molecule has 1 aromatic heterocycles. The summed E-state index contributed by atoms with van der Waals surface area (Å²) in [4.78, 5) is 14.5. The first-order valence-electron chi connectivity index (χ1n) is 4.63. The van der Waals surface area contributed by atoms with Crippen molar-refractivity contribution < 1.29 is 15.0 Å². The molecule has 84 valence electrons. The van der Waals surface area contributed by atoms with Gasteiger partial charge in [-0.1, -0.05) is 0 Å². The number of aliphatic hydroxyl groups is 1. The van der Waals surface area contributed by atoms with Gasteiger partial charge in [-0.3, -0.25) is 4.79 Å². The number of imidazole rings is 1. The normalized spacial score (nSPS) is 15.3. The van der Waals surface area contributed by atoms with Crippen LogP contribution in [0.3, 0.4) is 0 Å². The fourth-order valence-electron chi connectivity index (χ4n) is 1.29. The van der Waals surface area contributed by atoms with Crippen molar-refractivity contribution in [3.05, 3.63) is 18.2 Å². The number of rotatable bonds is 4. The molecule has 0 aromatic carbocycles. The van der Waals surface area contributed by atoms with Crippen molar-refractivity contribution in [2.24, 2.45) is 5.73 Å². The van der Waals surface area contributed by atoms with Crippen LogP contribution in [0.2, 0.25) is 0 Å². The molecule has 1 aromatic rings. The highest BCUT2D eigenvalue weighted by molar-refractivity contribution is 5.74. The number of aromatic nitrogens is 2. The van der Waals surface area contributed by atoms with Gasteiger partial charge in [-0.2, -0.15) is 0 Å². The van der Waals surface area contributed by atoms with E-state index in [2.05, 4.69) is 4.98 Å². The molecule has 0 saturated heterocycles. The average molecular weight is 213 g/mol. The van der Waals surface area contributed by atoms with E-state index in [0.717, 1.165) is 0 Å². The number of nitrogens with zero attached hydrogens (tertiary/aromatic N) is 2. The molecule has 0 radical (unpaired) electrons. The number of carbonyl (C=O) groups is 1. The first-order valence-corrected chi connectivity index (χ1v) is 4.63. The van der Waals surface area contributed by atoms with Gasteiger partial charge in [-0.25, -0.2) is 4.98 Å². The van der Waals surface area contributed by atoms with E-state index in [1.165, 1.54) is 12.5 Å². The lowest BCUT2D eigenvalue weighted by Crippen LogP contribution is -2.37. The molecular weight excluding hydrogens is 198 g/mol. The molecule has 15 heavy (non-hydrogen) atoms. The Balaban J connectivity index is 2.95. The quantitative estimate of drug-likeness (QED) is 0.648. The van der Waals surface area contributed by atoms with Crippen LogP contribution in [0.1, 0.15) is 31.7 Å². The maximum absolute atomic E-state index is 10.6. The van der Waals surface area contributed by atoms with Crippen molar-refractivity contribution in [1.29, 1.82) is 0 Å². The van der Waals surface area contributed by atoms with Crippen molar-refractivity contribution in [1.82, 2.24) is 9.55 Å². The van der Waals surface area contributed by atoms with Crippen molar-refractivity contribution >= 4 is 5.97 Å². The van der Waals surface area contributed by atoms with E-state index in [-0.39, 0.29) is 6.04 Å². The molecule has 0 bridgehead atoms. The highest BCUT2D eigenvalue weighted by Gasteiger charge is 2.26. The number of hydrogen-bond acceptors (Lipinski definition) is 4. The van der Waals surface area contributed by atoms with Crippen LogP contribution >= 0.6 is 0 Å². The monoisotopic (exact) mass is 213 g/mol. The first-order chi connectivity index (χ1) is 6.95. The fourth-order valence-corrected chi connectivity index (χ4v) is 1.29. The Bertz CT molecular complexity index is 348. The molecule has 2 unspecified atom stereocenters. The van der Waals surface area contributed by atoms with Crippen LogP contribution in [0.4, 0.5) is 0 Å². The molecule has 0 saturated carbocycles. The second-order valence-corrected chi connectivity index (χ2v) is 3.63. The fraction of sp³-hybridized carbons (Fsp3) is 0.556. The summed E-state index contributed by atoms with van der Waals surface area (Å²) >= 11 is 0. The molecule has 0 aliphatic rings. The molecule has 2 atom stereocenters. The van der Waals surface area contributed by atoms with E-state index in [1.807, 2.05) is 13.8 Å². The van der Waals surface area contributed by atoms with Gasteiger partial charge in [0.15, 0.2) is 0 Å². The van der Waals surface area contributed by atoms with Crippen molar-refractivity contribution in [3.8, 4) is 0 Å². The minimum Gasteiger partial charge on any atom is -0.480 e. The van der Waals surface area contributed by atoms with Crippen LogP contribution in [0.5, 0.6) is 0 Å². The molecule has 0 fully saturated rings. The van der Waals surface area contributed by atoms with E-state index in [0.29, 0.717) is 5.69 Å².